The first-order chi connectivity index (χ1) is 7.15. The minimum absolute atomic E-state index is 0.211. The summed E-state index contributed by atoms with van der Waals surface area (Å²) < 4.78 is 0.810. The Bertz CT molecular complexity index is 432. The second kappa shape index (κ2) is 5.54. The van der Waals surface area contributed by atoms with Crippen molar-refractivity contribution in [2.75, 3.05) is 6.54 Å². The van der Waals surface area contributed by atoms with E-state index in [2.05, 4.69) is 27.8 Å². The summed E-state index contributed by atoms with van der Waals surface area (Å²) in [6.07, 6.45) is 0.561. The van der Waals surface area contributed by atoms with E-state index in [1.165, 1.54) is 6.07 Å². The smallest absolute Gasteiger partial charge is 0.336 e. The van der Waals surface area contributed by atoms with E-state index in [1.54, 1.807) is 12.1 Å². The van der Waals surface area contributed by atoms with Crippen LogP contribution in [0.3, 0.4) is 0 Å². The van der Waals surface area contributed by atoms with Gasteiger partial charge in [0.25, 0.3) is 0 Å². The molecule has 4 heteroatoms. The van der Waals surface area contributed by atoms with Gasteiger partial charge in [-0.3, -0.25) is 0 Å². The zero-order valence-corrected chi connectivity index (χ0v) is 9.54. The lowest BCUT2D eigenvalue weighted by Crippen LogP contribution is -2.00. The predicted molar refractivity (Wildman–Crippen MR) is 61.7 cm³/mol. The maximum Gasteiger partial charge on any atom is 0.336 e. The van der Waals surface area contributed by atoms with Crippen molar-refractivity contribution in [2.24, 2.45) is 5.73 Å². The van der Waals surface area contributed by atoms with E-state index < -0.39 is 5.97 Å². The van der Waals surface area contributed by atoms with Gasteiger partial charge in [0.05, 0.1) is 5.56 Å². The summed E-state index contributed by atoms with van der Waals surface area (Å²) in [5, 5.41) is 8.91. The Labute approximate surface area is 96.4 Å². The number of nitrogens with two attached hydrogens (primary N) is 1. The number of aromatic carboxylic acids is 1. The van der Waals surface area contributed by atoms with Crippen LogP contribution in [0.1, 0.15) is 22.3 Å². The second-order valence-electron chi connectivity index (χ2n) is 2.84. The molecule has 0 unspecified atom stereocenters. The third-order valence-corrected chi connectivity index (χ3v) is 2.20. The minimum Gasteiger partial charge on any atom is -0.478 e. The fourth-order valence-electron chi connectivity index (χ4n) is 1.04. The number of rotatable bonds is 2. The first kappa shape index (κ1) is 11.8. The molecule has 3 nitrogen and oxygen atoms in total. The SMILES string of the molecule is NCCC#Cc1cc(Br)ccc1C(=O)O. The lowest BCUT2D eigenvalue weighted by atomic mass is 10.1. The molecular formula is C11H10BrNO2. The zero-order valence-electron chi connectivity index (χ0n) is 7.96. The number of halogens is 1. The van der Waals surface area contributed by atoms with Crippen LogP contribution in [0.2, 0.25) is 0 Å². The number of hydrogen-bond acceptors (Lipinski definition) is 2. The molecule has 1 aromatic rings. The van der Waals surface area contributed by atoms with Crippen molar-refractivity contribution in [3.8, 4) is 11.8 Å². The molecule has 1 rings (SSSR count). The highest BCUT2D eigenvalue weighted by atomic mass is 79.9. The molecule has 0 atom stereocenters. The molecule has 0 aliphatic heterocycles. The van der Waals surface area contributed by atoms with Crippen LogP contribution in [0.25, 0.3) is 0 Å². The van der Waals surface area contributed by atoms with Crippen LogP contribution in [0.15, 0.2) is 22.7 Å². The van der Waals surface area contributed by atoms with Crippen LogP contribution in [0.5, 0.6) is 0 Å². The van der Waals surface area contributed by atoms with Crippen molar-refractivity contribution in [3.05, 3.63) is 33.8 Å². The van der Waals surface area contributed by atoms with Gasteiger partial charge in [-0.2, -0.15) is 0 Å². The number of benzene rings is 1. The summed E-state index contributed by atoms with van der Waals surface area (Å²) in [6.45, 7) is 0.476. The zero-order chi connectivity index (χ0) is 11.3. The van der Waals surface area contributed by atoms with Crippen molar-refractivity contribution >= 4 is 21.9 Å². The molecule has 15 heavy (non-hydrogen) atoms. The van der Waals surface area contributed by atoms with Crippen LogP contribution in [0, 0.1) is 11.8 Å². The summed E-state index contributed by atoms with van der Waals surface area (Å²) in [7, 11) is 0. The lowest BCUT2D eigenvalue weighted by molar-refractivity contribution is 0.0696. The van der Waals surface area contributed by atoms with Crippen molar-refractivity contribution in [1.82, 2.24) is 0 Å². The van der Waals surface area contributed by atoms with Crippen LogP contribution in [-0.4, -0.2) is 17.6 Å². The van der Waals surface area contributed by atoms with Gasteiger partial charge >= 0.3 is 5.97 Å². The average molecular weight is 268 g/mol. The summed E-state index contributed by atoms with van der Waals surface area (Å²) in [4.78, 5) is 10.9. The van der Waals surface area contributed by atoms with Crippen LogP contribution in [-0.2, 0) is 0 Å². The lowest BCUT2D eigenvalue weighted by Gasteiger charge is -1.99. The summed E-state index contributed by atoms with van der Waals surface area (Å²) >= 11 is 3.27. The molecule has 78 valence electrons. The molecule has 0 heterocycles. The van der Waals surface area contributed by atoms with E-state index in [4.69, 9.17) is 10.8 Å². The Morgan fingerprint density at radius 2 is 2.27 bits per heavy atom. The average Bonchev–Trinajstić information content (AvgIpc) is 2.18. The number of hydrogen-bond donors (Lipinski definition) is 2. The van der Waals surface area contributed by atoms with Crippen LogP contribution >= 0.6 is 15.9 Å². The number of carboxylic acid groups (broad SMARTS) is 1. The van der Waals surface area contributed by atoms with Gasteiger partial charge in [-0.25, -0.2) is 4.79 Å². The summed E-state index contributed by atoms with van der Waals surface area (Å²) in [6, 6.07) is 4.89. The minimum atomic E-state index is -0.973. The van der Waals surface area contributed by atoms with Gasteiger partial charge in [0, 0.05) is 23.0 Å². The van der Waals surface area contributed by atoms with Crippen molar-refractivity contribution in [1.29, 1.82) is 0 Å². The van der Waals surface area contributed by atoms with Crippen molar-refractivity contribution in [3.63, 3.8) is 0 Å². The topological polar surface area (TPSA) is 63.3 Å². The molecular weight excluding hydrogens is 258 g/mol. The molecule has 0 aromatic heterocycles. The molecule has 0 bridgehead atoms. The first-order valence-corrected chi connectivity index (χ1v) is 5.16. The fourth-order valence-corrected chi connectivity index (χ4v) is 1.40. The summed E-state index contributed by atoms with van der Waals surface area (Å²) in [5.74, 6) is 4.64. The quantitative estimate of drug-likeness (QED) is 0.804. The molecule has 1 aromatic carbocycles. The molecule has 0 saturated heterocycles. The summed E-state index contributed by atoms with van der Waals surface area (Å²) in [5.41, 5.74) is 6.01. The Morgan fingerprint density at radius 3 is 2.87 bits per heavy atom. The molecule has 0 amide bonds. The highest BCUT2D eigenvalue weighted by Crippen LogP contribution is 2.15. The van der Waals surface area contributed by atoms with Crippen molar-refractivity contribution in [2.45, 2.75) is 6.42 Å². The monoisotopic (exact) mass is 267 g/mol. The second-order valence-corrected chi connectivity index (χ2v) is 3.75. The van der Waals surface area contributed by atoms with E-state index in [0.717, 1.165) is 4.47 Å². The molecule has 0 aliphatic carbocycles. The molecule has 0 saturated carbocycles. The highest BCUT2D eigenvalue weighted by molar-refractivity contribution is 9.10. The fraction of sp³-hybridized carbons (Fsp3) is 0.182. The van der Waals surface area contributed by atoms with E-state index in [1.807, 2.05) is 0 Å². The van der Waals surface area contributed by atoms with Gasteiger partial charge in [-0.05, 0) is 18.2 Å². The molecule has 0 fully saturated rings. The van der Waals surface area contributed by atoms with Gasteiger partial charge < -0.3 is 10.8 Å². The van der Waals surface area contributed by atoms with Crippen LogP contribution < -0.4 is 5.73 Å². The van der Waals surface area contributed by atoms with E-state index in [0.29, 0.717) is 18.5 Å². The van der Waals surface area contributed by atoms with Gasteiger partial charge in [-0.15, -0.1) is 0 Å². The normalized spacial score (nSPS) is 9.20. The molecule has 3 N–H and O–H groups in total. The maximum atomic E-state index is 10.9. The third kappa shape index (κ3) is 3.39. The van der Waals surface area contributed by atoms with E-state index in [9.17, 15) is 4.79 Å². The third-order valence-electron chi connectivity index (χ3n) is 1.70. The Balaban J connectivity index is 3.09. The molecule has 0 aliphatic rings. The van der Waals surface area contributed by atoms with Gasteiger partial charge in [0.15, 0.2) is 0 Å². The van der Waals surface area contributed by atoms with Gasteiger partial charge in [0.1, 0.15) is 0 Å². The Hall–Kier alpha value is -1.31. The van der Waals surface area contributed by atoms with E-state index >= 15 is 0 Å². The molecule has 0 spiro atoms. The number of carbonyl (C=O) groups is 1. The van der Waals surface area contributed by atoms with Crippen molar-refractivity contribution < 1.29 is 9.90 Å². The number of carboxylic acids is 1. The Kier molecular flexibility index (Phi) is 4.35. The van der Waals surface area contributed by atoms with E-state index in [-0.39, 0.29) is 5.56 Å². The van der Waals surface area contributed by atoms with Gasteiger partial charge in [-0.1, -0.05) is 27.8 Å². The van der Waals surface area contributed by atoms with Gasteiger partial charge in [0.2, 0.25) is 0 Å². The van der Waals surface area contributed by atoms with Crippen LogP contribution in [0.4, 0.5) is 0 Å². The highest BCUT2D eigenvalue weighted by Gasteiger charge is 2.07. The predicted octanol–water partition coefficient (Wildman–Crippen LogP) is 1.85. The maximum absolute atomic E-state index is 10.9. The largest absolute Gasteiger partial charge is 0.478 e. The Morgan fingerprint density at radius 1 is 1.53 bits per heavy atom. The standard InChI is InChI=1S/C11H10BrNO2/c12-9-4-5-10(11(14)15)8(7-9)3-1-2-6-13/h4-5,7H,2,6,13H2,(H,14,15). The molecule has 0 radical (unpaired) electrons. The first-order valence-electron chi connectivity index (χ1n) is 4.37.